The minimum Gasteiger partial charge on any atom is -0.468 e. The SMILES string of the molecule is CC(C)OC(=O)c1cccc(S(=O)(=O)NCc2ccco2)c1. The van der Waals surface area contributed by atoms with Gasteiger partial charge in [0, 0.05) is 0 Å². The van der Waals surface area contributed by atoms with Crippen LogP contribution in [-0.4, -0.2) is 20.5 Å². The molecule has 0 aliphatic carbocycles. The maximum Gasteiger partial charge on any atom is 0.338 e. The number of hydrogen-bond donors (Lipinski definition) is 1. The van der Waals surface area contributed by atoms with Crippen LogP contribution < -0.4 is 4.72 Å². The number of benzene rings is 1. The van der Waals surface area contributed by atoms with Gasteiger partial charge in [-0.25, -0.2) is 17.9 Å². The molecule has 7 heteroatoms. The van der Waals surface area contributed by atoms with E-state index in [9.17, 15) is 13.2 Å². The molecule has 1 aromatic carbocycles. The van der Waals surface area contributed by atoms with E-state index >= 15 is 0 Å². The molecular formula is C15H17NO5S. The van der Waals surface area contributed by atoms with Crippen molar-refractivity contribution in [2.75, 3.05) is 0 Å². The van der Waals surface area contributed by atoms with E-state index in [4.69, 9.17) is 9.15 Å². The Kier molecular flexibility index (Phi) is 4.99. The molecule has 0 atom stereocenters. The normalized spacial score (nSPS) is 11.6. The topological polar surface area (TPSA) is 85.6 Å². The number of nitrogens with one attached hydrogen (secondary N) is 1. The van der Waals surface area contributed by atoms with Crippen LogP contribution in [0.5, 0.6) is 0 Å². The number of carbonyl (C=O) groups is 1. The molecule has 6 nitrogen and oxygen atoms in total. The summed E-state index contributed by atoms with van der Waals surface area (Å²) in [6.45, 7) is 3.49. The molecule has 0 spiro atoms. The fourth-order valence-electron chi connectivity index (χ4n) is 1.73. The van der Waals surface area contributed by atoms with E-state index < -0.39 is 16.0 Å². The first kappa shape index (κ1) is 16.3. The van der Waals surface area contributed by atoms with Gasteiger partial charge in [-0.15, -0.1) is 0 Å². The van der Waals surface area contributed by atoms with Crippen molar-refractivity contribution in [3.63, 3.8) is 0 Å². The molecule has 0 amide bonds. The summed E-state index contributed by atoms with van der Waals surface area (Å²) in [4.78, 5) is 11.8. The van der Waals surface area contributed by atoms with Crippen molar-refractivity contribution in [2.45, 2.75) is 31.4 Å². The Morgan fingerprint density at radius 1 is 1.27 bits per heavy atom. The smallest absolute Gasteiger partial charge is 0.338 e. The summed E-state index contributed by atoms with van der Waals surface area (Å²) >= 11 is 0. The van der Waals surface area contributed by atoms with Gasteiger partial charge in [0.1, 0.15) is 5.76 Å². The Morgan fingerprint density at radius 3 is 2.68 bits per heavy atom. The second-order valence-corrected chi connectivity index (χ2v) is 6.65. The van der Waals surface area contributed by atoms with Gasteiger partial charge in [0.25, 0.3) is 0 Å². The zero-order valence-corrected chi connectivity index (χ0v) is 13.1. The standard InChI is InChI=1S/C15H17NO5S/c1-11(2)21-15(17)12-5-3-7-14(9-12)22(18,19)16-10-13-6-4-8-20-13/h3-9,11,16H,10H2,1-2H3. The summed E-state index contributed by atoms with van der Waals surface area (Å²) in [5.41, 5.74) is 0.189. The third kappa shape index (κ3) is 4.19. The molecule has 0 radical (unpaired) electrons. The summed E-state index contributed by atoms with van der Waals surface area (Å²) in [6.07, 6.45) is 1.19. The molecule has 0 aliphatic rings. The van der Waals surface area contributed by atoms with Crippen LogP contribution in [-0.2, 0) is 21.3 Å². The van der Waals surface area contributed by atoms with Crippen LogP contribution in [0.15, 0.2) is 52.0 Å². The fourth-order valence-corrected chi connectivity index (χ4v) is 2.77. The van der Waals surface area contributed by atoms with Crippen molar-refractivity contribution in [1.82, 2.24) is 4.72 Å². The first-order valence-electron chi connectivity index (χ1n) is 6.71. The number of ether oxygens (including phenoxy) is 1. The minimum atomic E-state index is -3.74. The maximum atomic E-state index is 12.2. The van der Waals surface area contributed by atoms with E-state index in [1.807, 2.05) is 0 Å². The lowest BCUT2D eigenvalue weighted by atomic mass is 10.2. The molecule has 2 aromatic rings. The van der Waals surface area contributed by atoms with E-state index in [1.54, 1.807) is 26.0 Å². The summed E-state index contributed by atoms with van der Waals surface area (Å²) < 4.78 is 37.0. The molecule has 2 rings (SSSR count). The summed E-state index contributed by atoms with van der Waals surface area (Å²) in [6, 6.07) is 9.05. The van der Waals surface area contributed by atoms with Crippen LogP contribution in [0.3, 0.4) is 0 Å². The Labute approximate surface area is 129 Å². The molecular weight excluding hydrogens is 306 g/mol. The van der Waals surface area contributed by atoms with Crippen LogP contribution >= 0.6 is 0 Å². The second-order valence-electron chi connectivity index (χ2n) is 4.89. The zero-order chi connectivity index (χ0) is 16.2. The van der Waals surface area contributed by atoms with Crippen molar-refractivity contribution >= 4 is 16.0 Å². The Bertz CT molecular complexity index is 735. The third-order valence-electron chi connectivity index (χ3n) is 2.74. The van der Waals surface area contributed by atoms with Gasteiger partial charge < -0.3 is 9.15 Å². The molecule has 1 aromatic heterocycles. The molecule has 1 heterocycles. The maximum absolute atomic E-state index is 12.2. The fraction of sp³-hybridized carbons (Fsp3) is 0.267. The molecule has 0 saturated carbocycles. The van der Waals surface area contributed by atoms with Gasteiger partial charge in [0.05, 0.1) is 29.4 Å². The van der Waals surface area contributed by atoms with Gasteiger partial charge in [-0.1, -0.05) is 6.07 Å². The average molecular weight is 323 g/mol. The van der Waals surface area contributed by atoms with Crippen molar-refractivity contribution in [3.05, 3.63) is 54.0 Å². The van der Waals surface area contributed by atoms with Gasteiger partial charge >= 0.3 is 5.97 Å². The Balaban J connectivity index is 2.15. The highest BCUT2D eigenvalue weighted by atomic mass is 32.2. The summed E-state index contributed by atoms with van der Waals surface area (Å²) in [5.74, 6) is -0.0583. The first-order chi connectivity index (χ1) is 10.4. The largest absolute Gasteiger partial charge is 0.468 e. The molecule has 22 heavy (non-hydrogen) atoms. The van der Waals surface area contributed by atoms with E-state index in [0.717, 1.165) is 0 Å². The molecule has 0 saturated heterocycles. The van der Waals surface area contributed by atoms with Crippen LogP contribution in [0, 0.1) is 0 Å². The van der Waals surface area contributed by atoms with Crippen LogP contribution in [0.1, 0.15) is 30.0 Å². The highest BCUT2D eigenvalue weighted by molar-refractivity contribution is 7.89. The highest BCUT2D eigenvalue weighted by Crippen LogP contribution is 2.14. The number of esters is 1. The number of hydrogen-bond acceptors (Lipinski definition) is 5. The number of carbonyl (C=O) groups excluding carboxylic acids is 1. The Hall–Kier alpha value is -2.12. The van der Waals surface area contributed by atoms with Crippen LogP contribution in [0.2, 0.25) is 0 Å². The predicted molar refractivity (Wildman–Crippen MR) is 79.7 cm³/mol. The number of furan rings is 1. The van der Waals surface area contributed by atoms with Gasteiger partial charge in [-0.05, 0) is 44.2 Å². The van der Waals surface area contributed by atoms with E-state index in [1.165, 1.54) is 30.5 Å². The predicted octanol–water partition coefficient (Wildman–Crippen LogP) is 2.32. The monoisotopic (exact) mass is 323 g/mol. The first-order valence-corrected chi connectivity index (χ1v) is 8.20. The number of sulfonamides is 1. The van der Waals surface area contributed by atoms with Crippen LogP contribution in [0.4, 0.5) is 0 Å². The van der Waals surface area contributed by atoms with Crippen molar-refractivity contribution in [2.24, 2.45) is 0 Å². The average Bonchev–Trinajstić information content (AvgIpc) is 2.98. The lowest BCUT2D eigenvalue weighted by molar-refractivity contribution is 0.0377. The highest BCUT2D eigenvalue weighted by Gasteiger charge is 2.17. The van der Waals surface area contributed by atoms with Gasteiger partial charge in [0.2, 0.25) is 10.0 Å². The molecule has 118 valence electrons. The molecule has 1 N–H and O–H groups in total. The quantitative estimate of drug-likeness (QED) is 0.825. The molecule has 0 aliphatic heterocycles. The van der Waals surface area contributed by atoms with Crippen molar-refractivity contribution in [1.29, 1.82) is 0 Å². The molecule has 0 bridgehead atoms. The number of rotatable bonds is 6. The second kappa shape index (κ2) is 6.76. The Morgan fingerprint density at radius 2 is 2.05 bits per heavy atom. The minimum absolute atomic E-state index is 0.00253. The summed E-state index contributed by atoms with van der Waals surface area (Å²) in [7, 11) is -3.74. The van der Waals surface area contributed by atoms with E-state index in [0.29, 0.717) is 5.76 Å². The van der Waals surface area contributed by atoms with E-state index in [2.05, 4.69) is 4.72 Å². The third-order valence-corrected chi connectivity index (χ3v) is 4.14. The zero-order valence-electron chi connectivity index (χ0n) is 12.3. The summed E-state index contributed by atoms with van der Waals surface area (Å²) in [5, 5.41) is 0. The van der Waals surface area contributed by atoms with Crippen molar-refractivity contribution < 1.29 is 22.4 Å². The van der Waals surface area contributed by atoms with Crippen molar-refractivity contribution in [3.8, 4) is 0 Å². The van der Waals surface area contributed by atoms with E-state index in [-0.39, 0.29) is 23.1 Å². The molecule has 0 unspecified atom stereocenters. The lowest BCUT2D eigenvalue weighted by Gasteiger charge is -2.09. The lowest BCUT2D eigenvalue weighted by Crippen LogP contribution is -2.23. The van der Waals surface area contributed by atoms with Gasteiger partial charge in [-0.3, -0.25) is 0 Å². The van der Waals surface area contributed by atoms with Gasteiger partial charge in [-0.2, -0.15) is 0 Å². The molecule has 0 fully saturated rings. The van der Waals surface area contributed by atoms with Gasteiger partial charge in [0.15, 0.2) is 0 Å². The van der Waals surface area contributed by atoms with Crippen LogP contribution in [0.25, 0.3) is 0 Å².